The van der Waals surface area contributed by atoms with Gasteiger partial charge in [0.2, 0.25) is 0 Å². The Bertz CT molecular complexity index is 348. The zero-order valence-corrected chi connectivity index (χ0v) is 13.0. The average molecular weight is 266 g/mol. The predicted molar refractivity (Wildman–Crippen MR) is 83.8 cm³/mol. The lowest BCUT2D eigenvalue weighted by atomic mass is 9.97. The summed E-state index contributed by atoms with van der Waals surface area (Å²) in [6.45, 7) is 12.7. The van der Waals surface area contributed by atoms with Gasteiger partial charge in [0.05, 0.1) is 12.1 Å². The standard InChI is InChI=1S/C15H26N2S/c1-7-15(18)13(4)17(6)12(3)14-10-8-9-11(2)16(14)5/h13-14H,2-3,7-10H2,1,4-6H3. The van der Waals surface area contributed by atoms with Crippen LogP contribution in [0.1, 0.15) is 39.5 Å². The summed E-state index contributed by atoms with van der Waals surface area (Å²) in [6.07, 6.45) is 4.41. The summed E-state index contributed by atoms with van der Waals surface area (Å²) >= 11 is 5.41. The van der Waals surface area contributed by atoms with E-state index in [0.29, 0.717) is 6.04 Å². The zero-order valence-electron chi connectivity index (χ0n) is 12.2. The Morgan fingerprint density at radius 3 is 2.78 bits per heavy atom. The van der Waals surface area contributed by atoms with Crippen LogP contribution in [0.2, 0.25) is 0 Å². The van der Waals surface area contributed by atoms with Gasteiger partial charge in [-0.25, -0.2) is 0 Å². The first-order valence-corrected chi connectivity index (χ1v) is 7.15. The largest absolute Gasteiger partial charge is 0.370 e. The molecule has 0 aliphatic carbocycles. The second kappa shape index (κ2) is 6.37. The fraction of sp³-hybridized carbons (Fsp3) is 0.667. The first-order valence-electron chi connectivity index (χ1n) is 6.75. The van der Waals surface area contributed by atoms with Crippen molar-refractivity contribution >= 4 is 17.1 Å². The van der Waals surface area contributed by atoms with Gasteiger partial charge < -0.3 is 9.80 Å². The van der Waals surface area contributed by atoms with Gasteiger partial charge in [-0.2, -0.15) is 0 Å². The number of piperidine rings is 1. The fourth-order valence-electron chi connectivity index (χ4n) is 2.48. The number of likely N-dealkylation sites (tertiary alicyclic amines) is 1. The van der Waals surface area contributed by atoms with E-state index in [0.717, 1.165) is 29.8 Å². The summed E-state index contributed by atoms with van der Waals surface area (Å²) in [7, 11) is 4.22. The molecule has 1 rings (SSSR count). The van der Waals surface area contributed by atoms with Crippen molar-refractivity contribution in [2.45, 2.75) is 51.6 Å². The van der Waals surface area contributed by atoms with E-state index in [1.165, 1.54) is 12.1 Å². The molecular formula is C15H26N2S. The van der Waals surface area contributed by atoms with Gasteiger partial charge in [-0.15, -0.1) is 0 Å². The Hall–Kier alpha value is -0.830. The molecule has 0 amide bonds. The van der Waals surface area contributed by atoms with Gasteiger partial charge in [-0.3, -0.25) is 0 Å². The van der Waals surface area contributed by atoms with Crippen LogP contribution >= 0.6 is 12.2 Å². The van der Waals surface area contributed by atoms with Gasteiger partial charge in [0, 0.05) is 30.4 Å². The second-order valence-corrected chi connectivity index (χ2v) is 5.71. The van der Waals surface area contributed by atoms with Crippen molar-refractivity contribution in [3.05, 3.63) is 24.6 Å². The smallest absolute Gasteiger partial charge is 0.0678 e. The molecule has 0 spiro atoms. The number of likely N-dealkylation sites (N-methyl/N-ethyl adjacent to an activating group) is 2. The Labute approximate surface area is 117 Å². The first kappa shape index (κ1) is 15.2. The minimum absolute atomic E-state index is 0.279. The number of hydrogen-bond donors (Lipinski definition) is 0. The van der Waals surface area contributed by atoms with Crippen molar-refractivity contribution < 1.29 is 0 Å². The third kappa shape index (κ3) is 3.14. The topological polar surface area (TPSA) is 6.48 Å². The Morgan fingerprint density at radius 2 is 2.22 bits per heavy atom. The van der Waals surface area contributed by atoms with E-state index < -0.39 is 0 Å². The monoisotopic (exact) mass is 266 g/mol. The molecule has 2 unspecified atom stereocenters. The molecule has 2 nitrogen and oxygen atoms in total. The number of hydrogen-bond acceptors (Lipinski definition) is 3. The highest BCUT2D eigenvalue weighted by molar-refractivity contribution is 7.80. The number of thiocarbonyl (C=S) groups is 1. The molecule has 0 aromatic carbocycles. The third-order valence-corrected chi connectivity index (χ3v) is 4.77. The average Bonchev–Trinajstić information content (AvgIpc) is 2.38. The van der Waals surface area contributed by atoms with Crippen LogP contribution in [0, 0.1) is 0 Å². The van der Waals surface area contributed by atoms with Crippen LogP contribution < -0.4 is 0 Å². The molecular weight excluding hydrogens is 240 g/mol. The predicted octanol–water partition coefficient (Wildman–Crippen LogP) is 3.60. The molecule has 3 heteroatoms. The summed E-state index contributed by atoms with van der Waals surface area (Å²) in [4.78, 5) is 5.59. The number of rotatable bonds is 5. The van der Waals surface area contributed by atoms with E-state index in [4.69, 9.17) is 12.2 Å². The van der Waals surface area contributed by atoms with Crippen molar-refractivity contribution in [3.8, 4) is 0 Å². The van der Waals surface area contributed by atoms with Crippen LogP contribution in [0.3, 0.4) is 0 Å². The Morgan fingerprint density at radius 1 is 1.61 bits per heavy atom. The van der Waals surface area contributed by atoms with Crippen LogP contribution in [0.15, 0.2) is 24.6 Å². The lowest BCUT2D eigenvalue weighted by molar-refractivity contribution is 0.221. The maximum Gasteiger partial charge on any atom is 0.0678 e. The normalized spacial score (nSPS) is 21.7. The molecule has 18 heavy (non-hydrogen) atoms. The van der Waals surface area contributed by atoms with E-state index in [1.807, 2.05) is 0 Å². The molecule has 1 aliphatic rings. The van der Waals surface area contributed by atoms with Gasteiger partial charge in [-0.05, 0) is 32.6 Å². The molecule has 0 radical (unpaired) electrons. The molecule has 1 aliphatic heterocycles. The van der Waals surface area contributed by atoms with Gasteiger partial charge >= 0.3 is 0 Å². The minimum Gasteiger partial charge on any atom is -0.370 e. The maximum atomic E-state index is 5.41. The number of allylic oxidation sites excluding steroid dienone is 1. The van der Waals surface area contributed by atoms with E-state index in [2.05, 4.69) is 50.9 Å². The van der Waals surface area contributed by atoms with Crippen molar-refractivity contribution in [3.63, 3.8) is 0 Å². The van der Waals surface area contributed by atoms with Crippen LogP contribution in [-0.4, -0.2) is 40.8 Å². The van der Waals surface area contributed by atoms with Gasteiger partial charge in [-0.1, -0.05) is 32.3 Å². The maximum absolute atomic E-state index is 5.41. The summed E-state index contributed by atoms with van der Waals surface area (Å²) in [6, 6.07) is 0.652. The first-order chi connectivity index (χ1) is 8.40. The van der Waals surface area contributed by atoms with E-state index >= 15 is 0 Å². The van der Waals surface area contributed by atoms with Crippen LogP contribution in [-0.2, 0) is 0 Å². The van der Waals surface area contributed by atoms with E-state index in [1.54, 1.807) is 0 Å². The lowest BCUT2D eigenvalue weighted by Crippen LogP contribution is -2.44. The Kier molecular flexibility index (Phi) is 5.39. The SMILES string of the molecule is C=C(C1CCCC(=C)N1C)N(C)C(C)C(=S)CC. The quantitative estimate of drug-likeness (QED) is 0.702. The highest BCUT2D eigenvalue weighted by Gasteiger charge is 2.27. The summed E-state index contributed by atoms with van der Waals surface area (Å²) in [5, 5.41) is 0. The van der Waals surface area contributed by atoms with Gasteiger partial charge in [0.1, 0.15) is 0 Å². The molecule has 1 heterocycles. The highest BCUT2D eigenvalue weighted by atomic mass is 32.1. The van der Waals surface area contributed by atoms with Gasteiger partial charge in [0.25, 0.3) is 0 Å². The minimum atomic E-state index is 0.279. The molecule has 2 atom stereocenters. The van der Waals surface area contributed by atoms with Crippen molar-refractivity contribution in [2.75, 3.05) is 14.1 Å². The molecule has 0 saturated carbocycles. The van der Waals surface area contributed by atoms with Crippen LogP contribution in [0.25, 0.3) is 0 Å². The molecule has 0 N–H and O–H groups in total. The second-order valence-electron chi connectivity index (χ2n) is 5.18. The van der Waals surface area contributed by atoms with Gasteiger partial charge in [0.15, 0.2) is 0 Å². The van der Waals surface area contributed by atoms with Crippen molar-refractivity contribution in [1.29, 1.82) is 0 Å². The molecule has 0 aromatic heterocycles. The van der Waals surface area contributed by atoms with Crippen molar-refractivity contribution in [1.82, 2.24) is 9.80 Å². The molecule has 0 aromatic rings. The molecule has 1 fully saturated rings. The zero-order chi connectivity index (χ0) is 13.9. The molecule has 1 saturated heterocycles. The van der Waals surface area contributed by atoms with E-state index in [-0.39, 0.29) is 6.04 Å². The third-order valence-electron chi connectivity index (χ3n) is 4.14. The van der Waals surface area contributed by atoms with Crippen molar-refractivity contribution in [2.24, 2.45) is 0 Å². The summed E-state index contributed by atoms with van der Waals surface area (Å²) in [5.41, 5.74) is 2.37. The fourth-order valence-corrected chi connectivity index (χ4v) is 2.63. The lowest BCUT2D eigenvalue weighted by Gasteiger charge is -2.41. The summed E-state index contributed by atoms with van der Waals surface area (Å²) < 4.78 is 0. The van der Waals surface area contributed by atoms with E-state index in [9.17, 15) is 0 Å². The van der Waals surface area contributed by atoms with Crippen LogP contribution in [0.4, 0.5) is 0 Å². The van der Waals surface area contributed by atoms with Crippen LogP contribution in [0.5, 0.6) is 0 Å². The summed E-state index contributed by atoms with van der Waals surface area (Å²) in [5.74, 6) is 0. The molecule has 0 bridgehead atoms. The number of nitrogens with zero attached hydrogens (tertiary/aromatic N) is 2. The molecule has 102 valence electrons. The highest BCUT2D eigenvalue weighted by Crippen LogP contribution is 2.28. The Balaban J connectivity index is 2.74.